The van der Waals surface area contributed by atoms with Crippen molar-refractivity contribution in [3.63, 3.8) is 0 Å². The minimum Gasteiger partial charge on any atom is -0.355 e. The Kier molecular flexibility index (Phi) is 7.46. The number of aromatic nitrogens is 2. The largest absolute Gasteiger partial charge is 0.355 e. The van der Waals surface area contributed by atoms with E-state index in [0.29, 0.717) is 19.5 Å². The Hall–Kier alpha value is -2.37. The molecule has 0 spiro atoms. The molecule has 0 radical (unpaired) electrons. The molecule has 2 amide bonds. The first-order valence-electron chi connectivity index (χ1n) is 10.7. The van der Waals surface area contributed by atoms with Crippen molar-refractivity contribution in [2.24, 2.45) is 5.92 Å². The summed E-state index contributed by atoms with van der Waals surface area (Å²) in [7, 11) is 0. The average molecular weight is 385 g/mol. The maximum atomic E-state index is 12.4. The average Bonchev–Trinajstić information content (AvgIpc) is 3.06. The van der Waals surface area contributed by atoms with E-state index in [2.05, 4.69) is 17.6 Å². The first-order chi connectivity index (χ1) is 13.7. The first kappa shape index (κ1) is 20.4. The van der Waals surface area contributed by atoms with Crippen LogP contribution in [0.1, 0.15) is 57.7 Å². The predicted octanol–water partition coefficient (Wildman–Crippen LogP) is 3.19. The van der Waals surface area contributed by atoms with Gasteiger partial charge in [-0.25, -0.2) is 4.98 Å². The highest BCUT2D eigenvalue weighted by molar-refractivity contribution is 5.81. The zero-order valence-corrected chi connectivity index (χ0v) is 16.9. The third kappa shape index (κ3) is 5.33. The summed E-state index contributed by atoms with van der Waals surface area (Å²) in [6.07, 6.45) is 8.22. The van der Waals surface area contributed by atoms with E-state index < -0.39 is 0 Å². The highest BCUT2D eigenvalue weighted by Gasteiger charge is 2.21. The molecule has 1 heterocycles. The Labute approximate surface area is 167 Å². The van der Waals surface area contributed by atoms with Crippen LogP contribution < -0.4 is 10.6 Å². The maximum Gasteiger partial charge on any atom is 0.240 e. The molecule has 3 rings (SSSR count). The van der Waals surface area contributed by atoms with E-state index in [-0.39, 0.29) is 24.3 Å². The van der Waals surface area contributed by atoms with Crippen molar-refractivity contribution in [3.8, 4) is 0 Å². The van der Waals surface area contributed by atoms with Gasteiger partial charge >= 0.3 is 0 Å². The predicted molar refractivity (Wildman–Crippen MR) is 111 cm³/mol. The minimum absolute atomic E-state index is 0.00379. The van der Waals surface area contributed by atoms with Crippen molar-refractivity contribution < 1.29 is 9.59 Å². The second-order valence-corrected chi connectivity index (χ2v) is 7.68. The molecule has 2 N–H and O–H groups in total. The molecular formula is C22H32N4O2. The van der Waals surface area contributed by atoms with Crippen LogP contribution in [0.15, 0.2) is 24.3 Å². The summed E-state index contributed by atoms with van der Waals surface area (Å²) in [6, 6.07) is 7.87. The minimum atomic E-state index is 0.00379. The monoisotopic (exact) mass is 384 g/mol. The van der Waals surface area contributed by atoms with E-state index in [9.17, 15) is 9.59 Å². The van der Waals surface area contributed by atoms with Crippen molar-refractivity contribution in [1.82, 2.24) is 20.2 Å². The molecule has 1 aliphatic carbocycles. The van der Waals surface area contributed by atoms with Crippen molar-refractivity contribution in [3.05, 3.63) is 30.1 Å². The number of para-hydroxylation sites is 2. The number of unbranched alkanes of at least 4 members (excludes halogenated alkanes) is 1. The number of carbonyl (C=O) groups is 2. The second kappa shape index (κ2) is 10.2. The standard InChI is InChI=1S/C22H32N4O2/c1-2-3-14-23-21(27)16-26-19-12-8-7-11-18(19)25-20(26)13-15-24-22(28)17-9-5-4-6-10-17/h7-8,11-12,17H,2-6,9-10,13-16H2,1H3,(H,23,27)(H,24,28). The first-order valence-corrected chi connectivity index (χ1v) is 10.7. The fourth-order valence-electron chi connectivity index (χ4n) is 3.90. The lowest BCUT2D eigenvalue weighted by Crippen LogP contribution is -2.34. The molecule has 1 aromatic heterocycles. The van der Waals surface area contributed by atoms with Crippen LogP contribution in [0.3, 0.4) is 0 Å². The highest BCUT2D eigenvalue weighted by atomic mass is 16.2. The third-order valence-corrected chi connectivity index (χ3v) is 5.51. The van der Waals surface area contributed by atoms with Crippen LogP contribution in [0.5, 0.6) is 0 Å². The molecule has 2 aromatic rings. The molecule has 6 nitrogen and oxygen atoms in total. The lowest BCUT2D eigenvalue weighted by molar-refractivity contribution is -0.126. The number of amides is 2. The fraction of sp³-hybridized carbons (Fsp3) is 0.591. The highest BCUT2D eigenvalue weighted by Crippen LogP contribution is 2.23. The van der Waals surface area contributed by atoms with Crippen LogP contribution in [-0.4, -0.2) is 34.5 Å². The number of nitrogens with zero attached hydrogens (tertiary/aromatic N) is 2. The van der Waals surface area contributed by atoms with Gasteiger partial charge in [0.05, 0.1) is 11.0 Å². The number of imidazole rings is 1. The van der Waals surface area contributed by atoms with Gasteiger partial charge in [-0.2, -0.15) is 0 Å². The van der Waals surface area contributed by atoms with Gasteiger partial charge in [-0.1, -0.05) is 44.7 Å². The molecular weight excluding hydrogens is 352 g/mol. The number of fused-ring (bicyclic) bond motifs is 1. The molecule has 0 unspecified atom stereocenters. The summed E-state index contributed by atoms with van der Waals surface area (Å²) in [5.41, 5.74) is 1.85. The van der Waals surface area contributed by atoms with Crippen LogP contribution in [0.4, 0.5) is 0 Å². The van der Waals surface area contributed by atoms with Gasteiger partial charge in [0.15, 0.2) is 0 Å². The lowest BCUT2D eigenvalue weighted by atomic mass is 9.89. The molecule has 6 heteroatoms. The summed E-state index contributed by atoms with van der Waals surface area (Å²) < 4.78 is 1.98. The number of hydrogen-bond donors (Lipinski definition) is 2. The zero-order valence-electron chi connectivity index (χ0n) is 16.9. The van der Waals surface area contributed by atoms with Crippen LogP contribution in [0, 0.1) is 5.92 Å². The molecule has 0 aliphatic heterocycles. The summed E-state index contributed by atoms with van der Waals surface area (Å²) in [4.78, 5) is 29.4. The molecule has 1 aromatic carbocycles. The van der Waals surface area contributed by atoms with E-state index in [4.69, 9.17) is 4.98 Å². The number of rotatable bonds is 9. The molecule has 0 bridgehead atoms. The second-order valence-electron chi connectivity index (χ2n) is 7.68. The van der Waals surface area contributed by atoms with Gasteiger partial charge in [0, 0.05) is 25.4 Å². The van der Waals surface area contributed by atoms with Crippen molar-refractivity contribution >= 4 is 22.8 Å². The molecule has 1 saturated carbocycles. The van der Waals surface area contributed by atoms with Crippen molar-refractivity contribution in [2.75, 3.05) is 13.1 Å². The number of benzene rings is 1. The van der Waals surface area contributed by atoms with Crippen LogP contribution in [-0.2, 0) is 22.6 Å². The van der Waals surface area contributed by atoms with E-state index in [1.54, 1.807) is 0 Å². The Morgan fingerprint density at radius 3 is 2.68 bits per heavy atom. The fourth-order valence-corrected chi connectivity index (χ4v) is 3.90. The zero-order chi connectivity index (χ0) is 19.8. The summed E-state index contributed by atoms with van der Waals surface area (Å²) in [6.45, 7) is 3.62. The molecule has 0 atom stereocenters. The topological polar surface area (TPSA) is 76.0 Å². The van der Waals surface area contributed by atoms with Gasteiger partial charge < -0.3 is 15.2 Å². The van der Waals surface area contributed by atoms with Gasteiger partial charge in [-0.05, 0) is 31.4 Å². The Morgan fingerprint density at radius 2 is 1.89 bits per heavy atom. The smallest absolute Gasteiger partial charge is 0.240 e. The molecule has 28 heavy (non-hydrogen) atoms. The number of hydrogen-bond acceptors (Lipinski definition) is 3. The maximum absolute atomic E-state index is 12.4. The van der Waals surface area contributed by atoms with Crippen LogP contribution >= 0.6 is 0 Å². The molecule has 152 valence electrons. The van der Waals surface area contributed by atoms with Crippen molar-refractivity contribution in [2.45, 2.75) is 64.8 Å². The number of carbonyl (C=O) groups excluding carboxylic acids is 2. The lowest BCUT2D eigenvalue weighted by Gasteiger charge is -2.20. The van der Waals surface area contributed by atoms with Gasteiger partial charge in [-0.3, -0.25) is 9.59 Å². The van der Waals surface area contributed by atoms with Gasteiger partial charge in [-0.15, -0.1) is 0 Å². The quantitative estimate of drug-likeness (QED) is 0.652. The molecule has 1 fully saturated rings. The third-order valence-electron chi connectivity index (χ3n) is 5.51. The van der Waals surface area contributed by atoms with Gasteiger partial charge in [0.25, 0.3) is 0 Å². The molecule has 1 aliphatic rings. The van der Waals surface area contributed by atoms with Gasteiger partial charge in [0.1, 0.15) is 12.4 Å². The Bertz CT molecular complexity index is 793. The summed E-state index contributed by atoms with van der Waals surface area (Å²) >= 11 is 0. The Balaban J connectivity index is 1.62. The van der Waals surface area contributed by atoms with E-state index in [1.165, 1.54) is 6.42 Å². The number of nitrogens with one attached hydrogen (secondary N) is 2. The van der Waals surface area contributed by atoms with Crippen molar-refractivity contribution in [1.29, 1.82) is 0 Å². The molecule has 0 saturated heterocycles. The summed E-state index contributed by atoms with van der Waals surface area (Å²) in [5.74, 6) is 1.18. The SMILES string of the molecule is CCCCNC(=O)Cn1c(CCNC(=O)C2CCCCC2)nc2ccccc21. The van der Waals surface area contributed by atoms with Crippen LogP contribution in [0.25, 0.3) is 11.0 Å². The van der Waals surface area contributed by atoms with E-state index in [1.807, 2.05) is 28.8 Å². The Morgan fingerprint density at radius 1 is 1.11 bits per heavy atom. The van der Waals surface area contributed by atoms with Crippen LogP contribution in [0.2, 0.25) is 0 Å². The normalized spacial score (nSPS) is 14.9. The van der Waals surface area contributed by atoms with E-state index >= 15 is 0 Å². The summed E-state index contributed by atoms with van der Waals surface area (Å²) in [5, 5.41) is 6.05. The van der Waals surface area contributed by atoms with E-state index in [0.717, 1.165) is 55.4 Å². The van der Waals surface area contributed by atoms with Gasteiger partial charge in [0.2, 0.25) is 11.8 Å².